The van der Waals surface area contributed by atoms with Crippen LogP contribution in [0.5, 0.6) is 0 Å². The number of rotatable bonds is 4. The van der Waals surface area contributed by atoms with Gasteiger partial charge in [-0.3, -0.25) is 9.59 Å². The van der Waals surface area contributed by atoms with Crippen molar-refractivity contribution >= 4 is 23.9 Å². The summed E-state index contributed by atoms with van der Waals surface area (Å²) in [5.41, 5.74) is 3.18. The zero-order chi connectivity index (χ0) is 20.9. The lowest BCUT2D eigenvalue weighted by Crippen LogP contribution is -2.43. The molecule has 1 N–H and O–H groups in total. The number of carbonyl (C=O) groups excluding carboxylic acids is 3. The summed E-state index contributed by atoms with van der Waals surface area (Å²) in [5, 5.41) is 2.60. The Morgan fingerprint density at radius 1 is 0.867 bits per heavy atom. The first-order valence-electron chi connectivity index (χ1n) is 10.4. The first-order valence-corrected chi connectivity index (χ1v) is 10.4. The van der Waals surface area contributed by atoms with Crippen LogP contribution in [0.1, 0.15) is 31.2 Å². The molecule has 0 atom stereocenters. The number of hydrogen-bond acceptors (Lipinski definition) is 3. The van der Waals surface area contributed by atoms with E-state index in [-0.39, 0.29) is 18.1 Å². The van der Waals surface area contributed by atoms with Crippen molar-refractivity contribution in [2.45, 2.75) is 25.7 Å². The smallest absolute Gasteiger partial charge is 0.329 e. The average molecular weight is 403 g/mol. The number of benzene rings is 2. The largest absolute Gasteiger partial charge is 0.341 e. The lowest BCUT2D eigenvalue weighted by atomic mass is 10.0. The number of amides is 4. The first kappa shape index (κ1) is 19.9. The van der Waals surface area contributed by atoms with Crippen LogP contribution in [0.3, 0.4) is 0 Å². The third-order valence-corrected chi connectivity index (χ3v) is 5.54. The highest BCUT2D eigenvalue weighted by molar-refractivity contribution is 6.15. The Kier molecular flexibility index (Phi) is 5.93. The Labute approximate surface area is 176 Å². The van der Waals surface area contributed by atoms with E-state index in [1.165, 1.54) is 0 Å². The summed E-state index contributed by atoms with van der Waals surface area (Å²) in [6.07, 6.45) is 5.81. The maximum absolute atomic E-state index is 12.7. The lowest BCUT2D eigenvalue weighted by molar-refractivity contribution is -0.135. The summed E-state index contributed by atoms with van der Waals surface area (Å²) in [7, 11) is 0. The van der Waals surface area contributed by atoms with Gasteiger partial charge in [-0.05, 0) is 35.6 Å². The predicted octanol–water partition coefficient (Wildman–Crippen LogP) is 3.65. The molecule has 0 bridgehead atoms. The second kappa shape index (κ2) is 8.95. The van der Waals surface area contributed by atoms with Gasteiger partial charge in [0.1, 0.15) is 12.2 Å². The molecule has 6 nitrogen and oxygen atoms in total. The van der Waals surface area contributed by atoms with E-state index < -0.39 is 11.9 Å². The molecule has 0 radical (unpaired) electrons. The molecular formula is C24H25N3O3. The molecule has 0 spiro atoms. The van der Waals surface area contributed by atoms with E-state index in [1.54, 1.807) is 11.0 Å². The second-order valence-electron chi connectivity index (χ2n) is 7.66. The summed E-state index contributed by atoms with van der Waals surface area (Å²) in [5.74, 6) is -0.635. The van der Waals surface area contributed by atoms with E-state index >= 15 is 0 Å². The molecule has 6 heteroatoms. The van der Waals surface area contributed by atoms with E-state index in [2.05, 4.69) is 5.32 Å². The SMILES string of the molecule is O=C(CN1C(=O)N/C(=C\c2ccc(-c3ccccc3)cc2)C1=O)N1CCCCCC1. The van der Waals surface area contributed by atoms with Crippen molar-refractivity contribution in [1.29, 1.82) is 0 Å². The molecule has 2 aromatic carbocycles. The Hall–Kier alpha value is -3.41. The Balaban J connectivity index is 1.44. The number of imide groups is 1. The summed E-state index contributed by atoms with van der Waals surface area (Å²) < 4.78 is 0. The zero-order valence-corrected chi connectivity index (χ0v) is 16.8. The first-order chi connectivity index (χ1) is 14.6. The van der Waals surface area contributed by atoms with Crippen LogP contribution in [-0.4, -0.2) is 47.3 Å². The Morgan fingerprint density at radius 3 is 2.17 bits per heavy atom. The van der Waals surface area contributed by atoms with Gasteiger partial charge in [0.15, 0.2) is 0 Å². The molecule has 0 unspecified atom stereocenters. The third kappa shape index (κ3) is 4.43. The van der Waals surface area contributed by atoms with E-state index in [0.29, 0.717) is 13.1 Å². The minimum absolute atomic E-state index is 0.172. The third-order valence-electron chi connectivity index (χ3n) is 5.54. The van der Waals surface area contributed by atoms with Gasteiger partial charge in [0.2, 0.25) is 5.91 Å². The number of carbonyl (C=O) groups is 3. The Morgan fingerprint density at radius 2 is 1.50 bits per heavy atom. The van der Waals surface area contributed by atoms with Crippen LogP contribution in [0.4, 0.5) is 4.79 Å². The van der Waals surface area contributed by atoms with Gasteiger partial charge in [0.05, 0.1) is 0 Å². The Bertz CT molecular complexity index is 959. The van der Waals surface area contributed by atoms with E-state index in [4.69, 9.17) is 0 Å². The lowest BCUT2D eigenvalue weighted by Gasteiger charge is -2.22. The van der Waals surface area contributed by atoms with Crippen LogP contribution in [0.15, 0.2) is 60.3 Å². The van der Waals surface area contributed by atoms with Crippen LogP contribution in [0.2, 0.25) is 0 Å². The van der Waals surface area contributed by atoms with Crippen LogP contribution in [0, 0.1) is 0 Å². The van der Waals surface area contributed by atoms with Crippen molar-refractivity contribution in [3.63, 3.8) is 0 Å². The number of likely N-dealkylation sites (tertiary alicyclic amines) is 1. The molecule has 4 amide bonds. The highest BCUT2D eigenvalue weighted by Gasteiger charge is 2.35. The van der Waals surface area contributed by atoms with Gasteiger partial charge in [-0.15, -0.1) is 0 Å². The summed E-state index contributed by atoms with van der Waals surface area (Å²) >= 11 is 0. The molecule has 30 heavy (non-hydrogen) atoms. The molecule has 2 aromatic rings. The topological polar surface area (TPSA) is 69.7 Å². The fourth-order valence-electron chi connectivity index (χ4n) is 3.84. The maximum atomic E-state index is 12.7. The summed E-state index contributed by atoms with van der Waals surface area (Å²) in [4.78, 5) is 40.3. The molecule has 2 fully saturated rings. The molecule has 0 saturated carbocycles. The predicted molar refractivity (Wildman–Crippen MR) is 115 cm³/mol. The van der Waals surface area contributed by atoms with E-state index in [1.807, 2.05) is 54.6 Å². The normalized spacial score (nSPS) is 18.5. The van der Waals surface area contributed by atoms with E-state index in [9.17, 15) is 14.4 Å². The number of hydrogen-bond donors (Lipinski definition) is 1. The van der Waals surface area contributed by atoms with Crippen molar-refractivity contribution in [2.24, 2.45) is 0 Å². The van der Waals surface area contributed by atoms with Gasteiger partial charge in [0, 0.05) is 13.1 Å². The molecule has 0 aromatic heterocycles. The molecule has 2 aliphatic rings. The van der Waals surface area contributed by atoms with Crippen LogP contribution in [0.25, 0.3) is 17.2 Å². The van der Waals surface area contributed by atoms with Crippen molar-refractivity contribution in [3.05, 3.63) is 65.9 Å². The van der Waals surface area contributed by atoms with Crippen molar-refractivity contribution in [1.82, 2.24) is 15.1 Å². The molecule has 2 aliphatic heterocycles. The molecule has 154 valence electrons. The van der Waals surface area contributed by atoms with Gasteiger partial charge in [-0.1, -0.05) is 67.4 Å². The number of urea groups is 1. The molecule has 2 heterocycles. The minimum Gasteiger partial charge on any atom is -0.341 e. The van der Waals surface area contributed by atoms with Crippen LogP contribution >= 0.6 is 0 Å². The fraction of sp³-hybridized carbons (Fsp3) is 0.292. The quantitative estimate of drug-likeness (QED) is 0.626. The highest BCUT2D eigenvalue weighted by atomic mass is 16.2. The summed E-state index contributed by atoms with van der Waals surface area (Å²) in [6, 6.07) is 17.2. The van der Waals surface area contributed by atoms with Crippen LogP contribution < -0.4 is 5.32 Å². The van der Waals surface area contributed by atoms with Crippen molar-refractivity contribution < 1.29 is 14.4 Å². The molecule has 2 saturated heterocycles. The number of nitrogens with one attached hydrogen (secondary N) is 1. The fourth-order valence-corrected chi connectivity index (χ4v) is 3.84. The molecule has 0 aliphatic carbocycles. The van der Waals surface area contributed by atoms with Gasteiger partial charge >= 0.3 is 6.03 Å². The van der Waals surface area contributed by atoms with E-state index in [0.717, 1.165) is 47.3 Å². The average Bonchev–Trinajstić information content (AvgIpc) is 2.97. The second-order valence-corrected chi connectivity index (χ2v) is 7.66. The van der Waals surface area contributed by atoms with Gasteiger partial charge in [0.25, 0.3) is 5.91 Å². The van der Waals surface area contributed by atoms with Crippen LogP contribution in [-0.2, 0) is 9.59 Å². The van der Waals surface area contributed by atoms with Gasteiger partial charge in [-0.25, -0.2) is 9.69 Å². The standard InChI is InChI=1S/C24H25N3O3/c28-22(26-14-6-1-2-7-15-26)17-27-23(29)21(25-24(27)30)16-18-10-12-20(13-11-18)19-8-4-3-5-9-19/h3-5,8-13,16H,1-2,6-7,14-15,17H2,(H,25,30)/b21-16-. The minimum atomic E-state index is -0.546. The van der Waals surface area contributed by atoms with Crippen molar-refractivity contribution in [3.8, 4) is 11.1 Å². The monoisotopic (exact) mass is 403 g/mol. The number of nitrogens with zero attached hydrogens (tertiary/aromatic N) is 2. The van der Waals surface area contributed by atoms with Gasteiger partial charge in [-0.2, -0.15) is 0 Å². The summed E-state index contributed by atoms with van der Waals surface area (Å²) in [6.45, 7) is 1.17. The molecule has 4 rings (SSSR count). The maximum Gasteiger partial charge on any atom is 0.329 e. The highest BCUT2D eigenvalue weighted by Crippen LogP contribution is 2.21. The molecular weight excluding hydrogens is 378 g/mol. The van der Waals surface area contributed by atoms with Gasteiger partial charge < -0.3 is 10.2 Å². The van der Waals surface area contributed by atoms with Crippen molar-refractivity contribution in [2.75, 3.05) is 19.6 Å². The zero-order valence-electron chi connectivity index (χ0n) is 16.8.